The fourth-order valence-corrected chi connectivity index (χ4v) is 2.73. The number of hydrogen-bond donors (Lipinski definition) is 2. The lowest BCUT2D eigenvalue weighted by Gasteiger charge is -2.31. The molecular formula is C13H18N4O2S. The summed E-state index contributed by atoms with van der Waals surface area (Å²) in [5.74, 6) is -0.419. The van der Waals surface area contributed by atoms with E-state index in [0.29, 0.717) is 24.3 Å². The van der Waals surface area contributed by atoms with Gasteiger partial charge in [-0.15, -0.1) is 11.3 Å². The van der Waals surface area contributed by atoms with Crippen LogP contribution in [0, 0.1) is 0 Å². The minimum atomic E-state index is -0.474. The Morgan fingerprint density at radius 3 is 2.80 bits per heavy atom. The van der Waals surface area contributed by atoms with Crippen molar-refractivity contribution in [2.75, 3.05) is 6.54 Å². The molecule has 0 saturated heterocycles. The standard InChI is InChI=1S/C13H18N4O2S/c1-3-13(4-2,8-14)16-10(18)9-7-15-12-17(11(9)19)5-6-20-12/h5-7H,3-4,8,14H2,1-2H3,(H,16,18). The number of carbonyl (C=O) groups excluding carboxylic acids is 1. The molecule has 0 bridgehead atoms. The maximum atomic E-state index is 12.3. The maximum Gasteiger partial charge on any atom is 0.271 e. The molecule has 2 heterocycles. The maximum absolute atomic E-state index is 12.3. The minimum Gasteiger partial charge on any atom is -0.345 e. The zero-order valence-electron chi connectivity index (χ0n) is 11.5. The number of aromatic nitrogens is 2. The Kier molecular flexibility index (Phi) is 4.20. The zero-order valence-corrected chi connectivity index (χ0v) is 12.4. The van der Waals surface area contributed by atoms with Crippen LogP contribution in [-0.2, 0) is 0 Å². The van der Waals surface area contributed by atoms with E-state index in [2.05, 4.69) is 10.3 Å². The molecule has 0 spiro atoms. The van der Waals surface area contributed by atoms with Gasteiger partial charge in [-0.2, -0.15) is 0 Å². The molecule has 0 saturated carbocycles. The van der Waals surface area contributed by atoms with Crippen LogP contribution in [-0.4, -0.2) is 27.4 Å². The van der Waals surface area contributed by atoms with Crippen molar-refractivity contribution in [2.24, 2.45) is 5.73 Å². The molecule has 108 valence electrons. The van der Waals surface area contributed by atoms with Gasteiger partial charge in [-0.25, -0.2) is 4.98 Å². The van der Waals surface area contributed by atoms with Crippen LogP contribution in [0.5, 0.6) is 0 Å². The third-order valence-electron chi connectivity index (χ3n) is 3.71. The van der Waals surface area contributed by atoms with Gasteiger partial charge in [0.05, 0.1) is 5.54 Å². The van der Waals surface area contributed by atoms with Crippen molar-refractivity contribution < 1.29 is 4.79 Å². The third kappa shape index (κ3) is 2.46. The van der Waals surface area contributed by atoms with Gasteiger partial charge < -0.3 is 11.1 Å². The molecule has 3 N–H and O–H groups in total. The fraction of sp³-hybridized carbons (Fsp3) is 0.462. The van der Waals surface area contributed by atoms with Crippen molar-refractivity contribution in [1.82, 2.24) is 14.7 Å². The molecule has 0 atom stereocenters. The van der Waals surface area contributed by atoms with Crippen molar-refractivity contribution in [3.63, 3.8) is 0 Å². The van der Waals surface area contributed by atoms with E-state index in [4.69, 9.17) is 5.73 Å². The Bertz CT molecular complexity index is 664. The largest absolute Gasteiger partial charge is 0.345 e. The molecule has 2 aromatic rings. The summed E-state index contributed by atoms with van der Waals surface area (Å²) in [6.45, 7) is 4.26. The highest BCUT2D eigenvalue weighted by molar-refractivity contribution is 7.15. The Morgan fingerprint density at radius 1 is 1.50 bits per heavy atom. The van der Waals surface area contributed by atoms with Gasteiger partial charge in [-0.1, -0.05) is 13.8 Å². The highest BCUT2D eigenvalue weighted by Gasteiger charge is 2.28. The van der Waals surface area contributed by atoms with Gasteiger partial charge in [0.1, 0.15) is 5.56 Å². The van der Waals surface area contributed by atoms with E-state index >= 15 is 0 Å². The first-order valence-corrected chi connectivity index (χ1v) is 7.42. The predicted molar refractivity (Wildman–Crippen MR) is 79.2 cm³/mol. The summed E-state index contributed by atoms with van der Waals surface area (Å²) in [4.78, 5) is 29.2. The smallest absolute Gasteiger partial charge is 0.271 e. The van der Waals surface area contributed by atoms with Gasteiger partial charge in [0.15, 0.2) is 4.96 Å². The summed E-state index contributed by atoms with van der Waals surface area (Å²) in [7, 11) is 0. The molecule has 7 heteroatoms. The molecule has 20 heavy (non-hydrogen) atoms. The quantitative estimate of drug-likeness (QED) is 0.861. The van der Waals surface area contributed by atoms with Crippen LogP contribution in [0.25, 0.3) is 4.96 Å². The lowest BCUT2D eigenvalue weighted by Crippen LogP contribution is -2.53. The molecule has 1 amide bonds. The van der Waals surface area contributed by atoms with Gasteiger partial charge in [0, 0.05) is 24.3 Å². The number of fused-ring (bicyclic) bond motifs is 1. The van der Waals surface area contributed by atoms with Gasteiger partial charge in [0.2, 0.25) is 0 Å². The lowest BCUT2D eigenvalue weighted by atomic mass is 9.92. The summed E-state index contributed by atoms with van der Waals surface area (Å²) in [6, 6.07) is 0. The molecule has 0 aromatic carbocycles. The Labute approximate surface area is 120 Å². The summed E-state index contributed by atoms with van der Waals surface area (Å²) in [5, 5.41) is 4.64. The highest BCUT2D eigenvalue weighted by atomic mass is 32.1. The first kappa shape index (κ1) is 14.7. The molecular weight excluding hydrogens is 276 g/mol. The van der Waals surface area contributed by atoms with E-state index in [9.17, 15) is 9.59 Å². The molecule has 0 aliphatic carbocycles. The zero-order chi connectivity index (χ0) is 14.8. The van der Waals surface area contributed by atoms with Gasteiger partial charge in [-0.05, 0) is 12.8 Å². The third-order valence-corrected chi connectivity index (χ3v) is 4.48. The topological polar surface area (TPSA) is 89.5 Å². The van der Waals surface area contributed by atoms with Gasteiger partial charge in [0.25, 0.3) is 11.5 Å². The minimum absolute atomic E-state index is 0.0422. The van der Waals surface area contributed by atoms with E-state index in [-0.39, 0.29) is 11.1 Å². The van der Waals surface area contributed by atoms with Crippen LogP contribution < -0.4 is 16.6 Å². The van der Waals surface area contributed by atoms with E-state index in [1.165, 1.54) is 21.9 Å². The Morgan fingerprint density at radius 2 is 2.20 bits per heavy atom. The molecule has 0 unspecified atom stereocenters. The second-order valence-electron chi connectivity index (χ2n) is 4.68. The Hall–Kier alpha value is -1.73. The van der Waals surface area contributed by atoms with Crippen LogP contribution in [0.15, 0.2) is 22.6 Å². The lowest BCUT2D eigenvalue weighted by molar-refractivity contribution is 0.0893. The highest BCUT2D eigenvalue weighted by Crippen LogP contribution is 2.14. The average Bonchev–Trinajstić information content (AvgIpc) is 2.94. The molecule has 2 aromatic heterocycles. The van der Waals surface area contributed by atoms with Crippen molar-refractivity contribution in [3.05, 3.63) is 33.7 Å². The Balaban J connectivity index is 2.36. The van der Waals surface area contributed by atoms with Crippen molar-refractivity contribution >= 4 is 22.2 Å². The fourth-order valence-electron chi connectivity index (χ4n) is 2.06. The summed E-state index contributed by atoms with van der Waals surface area (Å²) in [5.41, 5.74) is 4.97. The molecule has 0 aliphatic rings. The number of carbonyl (C=O) groups is 1. The molecule has 0 fully saturated rings. The molecule has 0 aliphatic heterocycles. The van der Waals surface area contributed by atoms with E-state index < -0.39 is 11.4 Å². The normalized spacial score (nSPS) is 11.8. The van der Waals surface area contributed by atoms with E-state index in [1.54, 1.807) is 11.6 Å². The second kappa shape index (κ2) is 5.72. The first-order valence-electron chi connectivity index (χ1n) is 6.54. The second-order valence-corrected chi connectivity index (χ2v) is 5.55. The van der Waals surface area contributed by atoms with Crippen LogP contribution in [0.3, 0.4) is 0 Å². The van der Waals surface area contributed by atoms with Gasteiger partial charge in [-0.3, -0.25) is 14.0 Å². The molecule has 0 radical (unpaired) electrons. The molecule has 6 nitrogen and oxygen atoms in total. The predicted octanol–water partition coefficient (Wildman–Crippen LogP) is 1.00. The van der Waals surface area contributed by atoms with Crippen LogP contribution in [0.4, 0.5) is 0 Å². The summed E-state index contributed by atoms with van der Waals surface area (Å²) >= 11 is 1.35. The average molecular weight is 294 g/mol. The van der Waals surface area contributed by atoms with Crippen LogP contribution >= 0.6 is 11.3 Å². The molecule has 2 rings (SSSR count). The number of hydrogen-bond acceptors (Lipinski definition) is 5. The first-order chi connectivity index (χ1) is 9.56. The van der Waals surface area contributed by atoms with Crippen molar-refractivity contribution in [2.45, 2.75) is 32.2 Å². The van der Waals surface area contributed by atoms with Crippen molar-refractivity contribution in [3.8, 4) is 0 Å². The number of nitrogens with one attached hydrogen (secondary N) is 1. The summed E-state index contributed by atoms with van der Waals surface area (Å²) in [6.07, 6.45) is 4.36. The van der Waals surface area contributed by atoms with E-state index in [1.807, 2.05) is 13.8 Å². The van der Waals surface area contributed by atoms with Crippen molar-refractivity contribution in [1.29, 1.82) is 0 Å². The van der Waals surface area contributed by atoms with Gasteiger partial charge >= 0.3 is 0 Å². The summed E-state index contributed by atoms with van der Waals surface area (Å²) < 4.78 is 1.38. The number of nitrogens with two attached hydrogens (primary N) is 1. The number of nitrogens with zero attached hydrogens (tertiary/aromatic N) is 2. The number of amides is 1. The number of thiazole rings is 1. The van der Waals surface area contributed by atoms with Crippen LogP contribution in [0.2, 0.25) is 0 Å². The van der Waals surface area contributed by atoms with Crippen LogP contribution in [0.1, 0.15) is 37.0 Å². The van der Waals surface area contributed by atoms with E-state index in [0.717, 1.165) is 0 Å². The monoisotopic (exact) mass is 294 g/mol. The SMILES string of the molecule is CCC(CC)(CN)NC(=O)c1cnc2sccn2c1=O. The number of rotatable bonds is 5.